The molecule has 1 unspecified atom stereocenters. The van der Waals surface area contributed by atoms with E-state index in [0.29, 0.717) is 0 Å². The van der Waals surface area contributed by atoms with Gasteiger partial charge in [-0.15, -0.1) is 9.24 Å². The maximum absolute atomic E-state index is 9.35. The summed E-state index contributed by atoms with van der Waals surface area (Å²) in [6.07, 6.45) is 0.139. The summed E-state index contributed by atoms with van der Waals surface area (Å²) in [5, 5.41) is 7.70. The summed E-state index contributed by atoms with van der Waals surface area (Å²) in [6, 6.07) is 0. The molecule has 2 nitrogen and oxygen atoms in total. The van der Waals surface area contributed by atoms with Crippen molar-refractivity contribution in [3.63, 3.8) is 0 Å². The molecule has 0 aliphatic heterocycles. The van der Waals surface area contributed by atoms with Crippen LogP contribution in [0.15, 0.2) is 0 Å². The van der Waals surface area contributed by atoms with Crippen LogP contribution in [-0.4, -0.2) is 17.2 Å². The van der Waals surface area contributed by atoms with Crippen LogP contribution in [0, 0.1) is 0 Å². The van der Waals surface area contributed by atoms with E-state index in [0.717, 1.165) is 0 Å². The van der Waals surface area contributed by atoms with E-state index >= 15 is 0 Å². The van der Waals surface area contributed by atoms with Gasteiger partial charge in [0.15, 0.2) is 0 Å². The Kier molecular flexibility index (Phi) is 9.84. The normalized spacial score (nSPS) is 6.17. The van der Waals surface area contributed by atoms with Crippen molar-refractivity contribution in [3.05, 3.63) is 0 Å². The summed E-state index contributed by atoms with van der Waals surface area (Å²) in [7, 11) is 2.09. The van der Waals surface area contributed by atoms with E-state index in [1.54, 1.807) is 0 Å². The van der Waals surface area contributed by atoms with Gasteiger partial charge in [-0.2, -0.15) is 0 Å². The molecule has 0 aliphatic carbocycles. The average molecular weight is 116 g/mol. The number of carboxylic acids is 1. The molecule has 0 radical (unpaired) electrons. The van der Waals surface area contributed by atoms with Gasteiger partial charge in [-0.3, -0.25) is 4.79 Å². The van der Waals surface area contributed by atoms with E-state index in [2.05, 4.69) is 9.24 Å². The first kappa shape index (κ1) is 10.0. The first-order valence-corrected chi connectivity index (χ1v) is 2.01. The molecule has 1 N–H and O–H groups in total. The van der Waals surface area contributed by atoms with Gasteiger partial charge in [0.2, 0.25) is 0 Å². The molecule has 0 heterocycles. The van der Waals surface area contributed by atoms with Gasteiger partial charge in [0.05, 0.1) is 6.16 Å². The van der Waals surface area contributed by atoms with E-state index in [9.17, 15) is 4.79 Å². The molecule has 0 aliphatic rings. The molecule has 0 bridgehead atoms. The summed E-state index contributed by atoms with van der Waals surface area (Å²) in [5.74, 6) is -0.782. The van der Waals surface area contributed by atoms with Gasteiger partial charge in [-0.05, 0) is 0 Å². The third kappa shape index (κ3) is 8.86. The van der Waals surface area contributed by atoms with E-state index < -0.39 is 5.97 Å². The van der Waals surface area contributed by atoms with Crippen LogP contribution < -0.4 is 29.6 Å². The molecule has 0 aromatic heterocycles. The topological polar surface area (TPSA) is 37.3 Å². The molecule has 0 fully saturated rings. The van der Waals surface area contributed by atoms with E-state index in [4.69, 9.17) is 5.11 Å². The van der Waals surface area contributed by atoms with Crippen molar-refractivity contribution >= 4 is 15.2 Å². The summed E-state index contributed by atoms with van der Waals surface area (Å²) in [5.41, 5.74) is 0. The van der Waals surface area contributed by atoms with Gasteiger partial charge >= 0.3 is 35.5 Å². The van der Waals surface area contributed by atoms with Gasteiger partial charge in [-0.25, -0.2) is 0 Å². The SMILES string of the molecule is O=C(O)CP.[H-].[Na+]. The minimum atomic E-state index is -0.782. The fourth-order valence-electron chi connectivity index (χ4n) is 0. The second-order valence-electron chi connectivity index (χ2n) is 0.598. The molecule has 0 saturated carbocycles. The fourth-order valence-corrected chi connectivity index (χ4v) is 0. The smallest absolute Gasteiger partial charge is 1.00 e. The van der Waals surface area contributed by atoms with Crippen LogP contribution in [0.5, 0.6) is 0 Å². The molecule has 32 valence electrons. The molecule has 4 heteroatoms. The second-order valence-corrected chi connectivity index (χ2v) is 1.01. The zero-order chi connectivity index (χ0) is 4.28. The summed E-state index contributed by atoms with van der Waals surface area (Å²) < 4.78 is 0. The van der Waals surface area contributed by atoms with Crippen LogP contribution in [0.25, 0.3) is 0 Å². The Morgan fingerprint density at radius 2 is 2.17 bits per heavy atom. The summed E-state index contributed by atoms with van der Waals surface area (Å²) >= 11 is 0. The van der Waals surface area contributed by atoms with Crippen molar-refractivity contribution in [2.24, 2.45) is 0 Å². The van der Waals surface area contributed by atoms with Crippen molar-refractivity contribution in [2.75, 3.05) is 6.16 Å². The Labute approximate surface area is 62.3 Å². The van der Waals surface area contributed by atoms with Gasteiger partial charge in [0.1, 0.15) is 0 Å². The standard InChI is InChI=1S/C2H5O2P.Na.H/c3-2(4)1-5;;/h1,5H2,(H,3,4);;/q;+1;-1. The van der Waals surface area contributed by atoms with Gasteiger partial charge < -0.3 is 6.53 Å². The number of hydrogen-bond acceptors (Lipinski definition) is 1. The Morgan fingerprint density at radius 1 is 2.00 bits per heavy atom. The zero-order valence-corrected chi connectivity index (χ0v) is 6.79. The maximum atomic E-state index is 9.35. The third-order valence-corrected chi connectivity index (χ3v) is 0.524. The first-order valence-electron chi connectivity index (χ1n) is 1.19. The van der Waals surface area contributed by atoms with Crippen LogP contribution >= 0.6 is 9.24 Å². The average Bonchev–Trinajstić information content (AvgIpc) is 1.38. The van der Waals surface area contributed by atoms with Crippen LogP contribution in [0.4, 0.5) is 0 Å². The van der Waals surface area contributed by atoms with Crippen molar-refractivity contribution in [1.82, 2.24) is 0 Å². The number of rotatable bonds is 1. The molecule has 0 amide bonds. The predicted molar refractivity (Wildman–Crippen MR) is 23.3 cm³/mol. The minimum absolute atomic E-state index is 0. The van der Waals surface area contributed by atoms with Crippen molar-refractivity contribution in [1.29, 1.82) is 0 Å². The number of carbonyl (C=O) groups is 1. The second kappa shape index (κ2) is 5.90. The Hall–Kier alpha value is 0.900. The van der Waals surface area contributed by atoms with Gasteiger partial charge in [-0.1, -0.05) is 0 Å². The fraction of sp³-hybridized carbons (Fsp3) is 0.500. The van der Waals surface area contributed by atoms with Gasteiger partial charge in [0, 0.05) is 0 Å². The zero-order valence-electron chi connectivity index (χ0n) is 4.64. The van der Waals surface area contributed by atoms with E-state index in [-0.39, 0.29) is 37.1 Å². The third-order valence-electron chi connectivity index (χ3n) is 0.175. The molecule has 0 aromatic rings. The summed E-state index contributed by atoms with van der Waals surface area (Å²) in [4.78, 5) is 9.35. The maximum Gasteiger partial charge on any atom is 1.00 e. The van der Waals surface area contributed by atoms with Gasteiger partial charge in [0.25, 0.3) is 0 Å². The number of carboxylic acid groups (broad SMARTS) is 1. The molecule has 0 aromatic carbocycles. The predicted octanol–water partition coefficient (Wildman–Crippen LogP) is -2.94. The molecule has 0 spiro atoms. The Bertz CT molecular complexity index is 51.0. The van der Waals surface area contributed by atoms with Crippen LogP contribution in [-0.2, 0) is 4.79 Å². The quantitative estimate of drug-likeness (QED) is 0.294. The number of hydrogen-bond donors (Lipinski definition) is 1. The van der Waals surface area contributed by atoms with Crippen molar-refractivity contribution in [3.8, 4) is 0 Å². The van der Waals surface area contributed by atoms with Crippen LogP contribution in [0.1, 0.15) is 1.43 Å². The Balaban J connectivity index is -0.0000000800. The minimum Gasteiger partial charge on any atom is -1.00 e. The van der Waals surface area contributed by atoms with Crippen LogP contribution in [0.2, 0.25) is 0 Å². The van der Waals surface area contributed by atoms with Crippen molar-refractivity contribution < 1.29 is 40.9 Å². The summed E-state index contributed by atoms with van der Waals surface area (Å²) in [6.45, 7) is 0. The monoisotopic (exact) mass is 116 g/mol. The van der Waals surface area contributed by atoms with Crippen LogP contribution in [0.3, 0.4) is 0 Å². The molecule has 0 rings (SSSR count). The molecule has 1 atom stereocenters. The Morgan fingerprint density at radius 3 is 2.17 bits per heavy atom. The molecule has 6 heavy (non-hydrogen) atoms. The largest absolute Gasteiger partial charge is 1.00 e. The van der Waals surface area contributed by atoms with E-state index in [1.807, 2.05) is 0 Å². The molecule has 0 saturated heterocycles. The number of aliphatic carboxylic acids is 1. The molecular formula is C2H6NaO2P. The molecular weight excluding hydrogens is 110 g/mol. The van der Waals surface area contributed by atoms with E-state index in [1.165, 1.54) is 0 Å². The van der Waals surface area contributed by atoms with Crippen molar-refractivity contribution in [2.45, 2.75) is 0 Å². The first-order chi connectivity index (χ1) is 2.27.